The number of aliphatic hydroxyl groups excluding tert-OH is 1. The number of carbonyl (C=O) groups excluding carboxylic acids is 3. The standard InChI is InChI=1S/C25H42O5/c1-5-17-25(3,4)18-11-10-12-19-15-16-21(26)20(19)13-8-7-9-14-22(27)23(28)24(29)30-6-2/h10,12,19-20,23,28H,5-9,11,13-18H2,1-4H3/t19-,20+,23?/m0/s1. The van der Waals surface area contributed by atoms with Gasteiger partial charge in [-0.25, -0.2) is 4.79 Å². The third-order valence-electron chi connectivity index (χ3n) is 6.21. The number of unbranched alkanes of at least 4 members (excludes halogenated alkanes) is 2. The van der Waals surface area contributed by atoms with E-state index >= 15 is 0 Å². The van der Waals surface area contributed by atoms with Crippen LogP contribution in [0.1, 0.15) is 98.3 Å². The molecule has 3 atom stereocenters. The Labute approximate surface area is 182 Å². The van der Waals surface area contributed by atoms with Crippen LogP contribution in [0.25, 0.3) is 0 Å². The molecule has 0 aliphatic heterocycles. The molecule has 0 aromatic carbocycles. The summed E-state index contributed by atoms with van der Waals surface area (Å²) in [6.07, 6.45) is 12.5. The van der Waals surface area contributed by atoms with E-state index in [1.165, 1.54) is 19.3 Å². The molecule has 5 heteroatoms. The van der Waals surface area contributed by atoms with E-state index in [9.17, 15) is 19.5 Å². The van der Waals surface area contributed by atoms with Crippen LogP contribution in [0.15, 0.2) is 12.2 Å². The zero-order chi connectivity index (χ0) is 22.6. The van der Waals surface area contributed by atoms with Gasteiger partial charge in [-0.1, -0.05) is 52.2 Å². The summed E-state index contributed by atoms with van der Waals surface area (Å²) >= 11 is 0. The van der Waals surface area contributed by atoms with Crippen LogP contribution in [-0.2, 0) is 19.1 Å². The molecule has 5 nitrogen and oxygen atoms in total. The van der Waals surface area contributed by atoms with E-state index in [-0.39, 0.29) is 18.9 Å². The van der Waals surface area contributed by atoms with Crippen molar-refractivity contribution < 1.29 is 24.2 Å². The van der Waals surface area contributed by atoms with Crippen LogP contribution < -0.4 is 0 Å². The smallest absolute Gasteiger partial charge is 0.342 e. The molecule has 1 fully saturated rings. The first kappa shape index (κ1) is 26.5. The van der Waals surface area contributed by atoms with Crippen LogP contribution in [-0.4, -0.2) is 35.4 Å². The lowest BCUT2D eigenvalue weighted by Crippen LogP contribution is -2.31. The normalized spacial score (nSPS) is 20.6. The Morgan fingerprint density at radius 2 is 1.93 bits per heavy atom. The Morgan fingerprint density at radius 3 is 2.60 bits per heavy atom. The molecular weight excluding hydrogens is 380 g/mol. The van der Waals surface area contributed by atoms with Crippen molar-refractivity contribution in [3.8, 4) is 0 Å². The lowest BCUT2D eigenvalue weighted by Gasteiger charge is -2.23. The number of ether oxygens (including phenoxy) is 1. The maximum atomic E-state index is 12.3. The van der Waals surface area contributed by atoms with E-state index in [0.717, 1.165) is 32.1 Å². The lowest BCUT2D eigenvalue weighted by atomic mass is 9.83. The van der Waals surface area contributed by atoms with Crippen molar-refractivity contribution >= 4 is 17.5 Å². The first-order valence-corrected chi connectivity index (χ1v) is 11.8. The second kappa shape index (κ2) is 13.7. The van der Waals surface area contributed by atoms with E-state index < -0.39 is 17.9 Å². The number of carbonyl (C=O) groups is 3. The summed E-state index contributed by atoms with van der Waals surface area (Å²) in [4.78, 5) is 35.5. The number of esters is 1. The van der Waals surface area contributed by atoms with Gasteiger partial charge in [0.2, 0.25) is 6.10 Å². The molecule has 0 amide bonds. The van der Waals surface area contributed by atoms with Crippen LogP contribution in [0, 0.1) is 17.3 Å². The number of Topliss-reactive ketones (excluding diaryl/α,β-unsaturated/α-hetero) is 2. The minimum Gasteiger partial charge on any atom is -0.464 e. The third kappa shape index (κ3) is 9.55. The van der Waals surface area contributed by atoms with E-state index in [2.05, 4.69) is 37.7 Å². The summed E-state index contributed by atoms with van der Waals surface area (Å²) in [6, 6.07) is 0. The van der Waals surface area contributed by atoms with Crippen LogP contribution >= 0.6 is 0 Å². The highest BCUT2D eigenvalue weighted by molar-refractivity contribution is 6.01. The molecule has 1 aliphatic rings. The van der Waals surface area contributed by atoms with Gasteiger partial charge in [0.25, 0.3) is 0 Å². The minimum atomic E-state index is -1.67. The van der Waals surface area contributed by atoms with Gasteiger partial charge in [0, 0.05) is 18.8 Å². The molecule has 1 unspecified atom stereocenters. The van der Waals surface area contributed by atoms with Crippen LogP contribution in [0.4, 0.5) is 0 Å². The van der Waals surface area contributed by atoms with Crippen LogP contribution in [0.3, 0.4) is 0 Å². The van der Waals surface area contributed by atoms with Crippen molar-refractivity contribution in [2.75, 3.05) is 6.61 Å². The van der Waals surface area contributed by atoms with Crippen molar-refractivity contribution in [3.63, 3.8) is 0 Å². The van der Waals surface area contributed by atoms with Crippen LogP contribution in [0.2, 0.25) is 0 Å². The van der Waals surface area contributed by atoms with E-state index in [1.807, 2.05) is 0 Å². The van der Waals surface area contributed by atoms with E-state index in [4.69, 9.17) is 0 Å². The molecule has 0 aromatic heterocycles. The van der Waals surface area contributed by atoms with Crippen molar-refractivity contribution in [1.82, 2.24) is 0 Å². The van der Waals surface area contributed by atoms with Gasteiger partial charge in [-0.2, -0.15) is 0 Å². The molecule has 1 aliphatic carbocycles. The molecule has 0 heterocycles. The Morgan fingerprint density at radius 1 is 1.20 bits per heavy atom. The topological polar surface area (TPSA) is 80.7 Å². The summed E-state index contributed by atoms with van der Waals surface area (Å²) in [5, 5.41) is 9.62. The predicted octanol–water partition coefficient (Wildman–Crippen LogP) is 5.19. The first-order valence-electron chi connectivity index (χ1n) is 11.8. The third-order valence-corrected chi connectivity index (χ3v) is 6.21. The zero-order valence-corrected chi connectivity index (χ0v) is 19.5. The quantitative estimate of drug-likeness (QED) is 0.170. The molecule has 1 N–H and O–H groups in total. The van der Waals surface area contributed by atoms with Gasteiger partial charge in [-0.3, -0.25) is 9.59 Å². The fourth-order valence-corrected chi connectivity index (χ4v) is 4.42. The molecule has 1 saturated carbocycles. The number of ketones is 2. The van der Waals surface area contributed by atoms with Crippen molar-refractivity contribution in [2.24, 2.45) is 17.3 Å². The summed E-state index contributed by atoms with van der Waals surface area (Å²) in [7, 11) is 0. The highest BCUT2D eigenvalue weighted by Crippen LogP contribution is 2.34. The SMILES string of the molecule is CCCC(C)(C)CCC=C[C@H]1CCC(=O)[C@@H]1CCCCCC(=O)C(O)C(=O)OCC. The number of allylic oxidation sites excluding steroid dienone is 2. The van der Waals surface area contributed by atoms with Crippen molar-refractivity contribution in [3.05, 3.63) is 12.2 Å². The molecule has 0 bridgehead atoms. The Balaban J connectivity index is 2.32. The molecule has 172 valence electrons. The number of hydrogen-bond acceptors (Lipinski definition) is 5. The Bertz CT molecular complexity index is 578. The highest BCUT2D eigenvalue weighted by Gasteiger charge is 2.32. The number of aliphatic hydroxyl groups is 1. The second-order valence-electron chi connectivity index (χ2n) is 9.38. The number of hydrogen-bond donors (Lipinski definition) is 1. The summed E-state index contributed by atoms with van der Waals surface area (Å²) in [5.74, 6) is -0.543. The molecule has 0 saturated heterocycles. The van der Waals surface area contributed by atoms with Gasteiger partial charge in [-0.15, -0.1) is 0 Å². The van der Waals surface area contributed by atoms with Crippen molar-refractivity contribution in [2.45, 2.75) is 104 Å². The molecular formula is C25H42O5. The summed E-state index contributed by atoms with van der Waals surface area (Å²) in [6.45, 7) is 8.65. The van der Waals surface area contributed by atoms with Gasteiger partial charge in [0.05, 0.1) is 6.61 Å². The van der Waals surface area contributed by atoms with E-state index in [1.54, 1.807) is 6.92 Å². The molecule has 0 aromatic rings. The second-order valence-corrected chi connectivity index (χ2v) is 9.38. The summed E-state index contributed by atoms with van der Waals surface area (Å²) in [5.41, 5.74) is 0.377. The van der Waals surface area contributed by atoms with Gasteiger partial charge >= 0.3 is 5.97 Å². The van der Waals surface area contributed by atoms with Gasteiger partial charge in [0.1, 0.15) is 5.78 Å². The highest BCUT2D eigenvalue weighted by atomic mass is 16.5. The van der Waals surface area contributed by atoms with Crippen LogP contribution in [0.5, 0.6) is 0 Å². The van der Waals surface area contributed by atoms with Gasteiger partial charge in [0.15, 0.2) is 5.78 Å². The monoisotopic (exact) mass is 422 g/mol. The number of rotatable bonds is 15. The van der Waals surface area contributed by atoms with Gasteiger partial charge < -0.3 is 9.84 Å². The predicted molar refractivity (Wildman–Crippen MR) is 119 cm³/mol. The Kier molecular flexibility index (Phi) is 12.2. The maximum Gasteiger partial charge on any atom is 0.342 e. The van der Waals surface area contributed by atoms with Gasteiger partial charge in [-0.05, 0) is 56.8 Å². The molecule has 1 rings (SSSR count). The molecule has 0 radical (unpaired) electrons. The Hall–Kier alpha value is -1.49. The molecule has 0 spiro atoms. The summed E-state index contributed by atoms with van der Waals surface area (Å²) < 4.78 is 4.66. The first-order chi connectivity index (χ1) is 14.2. The molecule has 30 heavy (non-hydrogen) atoms. The fourth-order valence-electron chi connectivity index (χ4n) is 4.42. The van der Waals surface area contributed by atoms with E-state index in [0.29, 0.717) is 30.0 Å². The average molecular weight is 423 g/mol. The lowest BCUT2D eigenvalue weighted by molar-refractivity contribution is -0.157. The van der Waals surface area contributed by atoms with Crippen molar-refractivity contribution in [1.29, 1.82) is 0 Å². The average Bonchev–Trinajstić information content (AvgIpc) is 3.04. The zero-order valence-electron chi connectivity index (χ0n) is 19.5. The maximum absolute atomic E-state index is 12.3. The fraction of sp³-hybridized carbons (Fsp3) is 0.800. The minimum absolute atomic E-state index is 0.103. The largest absolute Gasteiger partial charge is 0.464 e.